The maximum atomic E-state index is 13.3. The number of urea groups is 1. The fourth-order valence-electron chi connectivity index (χ4n) is 3.64. The molecule has 0 bridgehead atoms. The molecule has 0 aromatic heterocycles. The number of aliphatic carboxylic acids is 1. The van der Waals surface area contributed by atoms with Crippen LogP contribution in [0.25, 0.3) is 0 Å². The van der Waals surface area contributed by atoms with Gasteiger partial charge in [-0.2, -0.15) is 0 Å². The van der Waals surface area contributed by atoms with Crippen LogP contribution in [0, 0.1) is 0 Å². The van der Waals surface area contributed by atoms with Gasteiger partial charge in [-0.3, -0.25) is 24.6 Å². The van der Waals surface area contributed by atoms with Crippen LogP contribution >= 0.6 is 23.2 Å². The number of carbonyl (C=O) groups excluding carboxylic acids is 5. The minimum atomic E-state index is -1.30. The number of hydrazine groups is 2. The lowest BCUT2D eigenvalue weighted by atomic mass is 10.1. The van der Waals surface area contributed by atoms with Gasteiger partial charge in [0.25, 0.3) is 5.91 Å². The largest absolute Gasteiger partial charge is 0.481 e. The molecule has 0 radical (unpaired) electrons. The minimum absolute atomic E-state index is 0.116. The maximum absolute atomic E-state index is 13.3. The van der Waals surface area contributed by atoms with Crippen LogP contribution in [0.3, 0.4) is 0 Å². The number of fused-ring (bicyclic) bond motifs is 1. The van der Waals surface area contributed by atoms with Crippen molar-refractivity contribution in [3.8, 4) is 0 Å². The van der Waals surface area contributed by atoms with Crippen molar-refractivity contribution in [3.05, 3.63) is 33.8 Å². The number of carbonyl (C=O) groups is 6. The average molecular weight is 514 g/mol. The van der Waals surface area contributed by atoms with E-state index in [1.54, 1.807) is 0 Å². The van der Waals surface area contributed by atoms with E-state index < -0.39 is 48.2 Å². The van der Waals surface area contributed by atoms with E-state index in [4.69, 9.17) is 28.3 Å². The first kappa shape index (κ1) is 25.2. The topological polar surface area (TPSA) is 156 Å². The van der Waals surface area contributed by atoms with Gasteiger partial charge in [0.15, 0.2) is 0 Å². The molecule has 14 heteroatoms. The molecule has 1 aromatic rings. The molecule has 5 amide bonds. The number of nitrogens with zero attached hydrogens (tertiary/aromatic N) is 3. The highest BCUT2D eigenvalue weighted by molar-refractivity contribution is 6.42. The molecule has 2 heterocycles. The van der Waals surface area contributed by atoms with E-state index in [2.05, 4.69) is 10.7 Å². The predicted molar refractivity (Wildman–Crippen MR) is 117 cm³/mol. The molecule has 2 aliphatic heterocycles. The van der Waals surface area contributed by atoms with Gasteiger partial charge in [-0.25, -0.2) is 19.8 Å². The highest BCUT2D eigenvalue weighted by Crippen LogP contribution is 2.25. The molecule has 12 nitrogen and oxygen atoms in total. The fraction of sp³-hybridized carbons (Fsp3) is 0.400. The lowest BCUT2D eigenvalue weighted by Crippen LogP contribution is -2.64. The van der Waals surface area contributed by atoms with Crippen molar-refractivity contribution in [3.63, 3.8) is 0 Å². The van der Waals surface area contributed by atoms with Crippen LogP contribution < -0.4 is 10.7 Å². The monoisotopic (exact) mass is 513 g/mol. The van der Waals surface area contributed by atoms with Crippen molar-refractivity contribution in [1.29, 1.82) is 0 Å². The molecule has 0 aliphatic carbocycles. The highest BCUT2D eigenvalue weighted by atomic mass is 35.5. The molecule has 2 fully saturated rings. The molecular formula is C20H21Cl2N5O7. The molecule has 3 N–H and O–H groups in total. The Morgan fingerprint density at radius 1 is 1.18 bits per heavy atom. The van der Waals surface area contributed by atoms with Gasteiger partial charge in [-0.15, -0.1) is 0 Å². The molecule has 34 heavy (non-hydrogen) atoms. The van der Waals surface area contributed by atoms with E-state index >= 15 is 0 Å². The Hall–Kier alpha value is -3.38. The number of nitrogens with one attached hydrogen (secondary N) is 2. The SMILES string of the molecule is O=CC(CC(=O)O)NC(=O)C1CCCN2C(=O)CCN(NC(=O)c3ccc(Cl)c(Cl)c3)C(=O)N12. The minimum Gasteiger partial charge on any atom is -0.481 e. The standard InChI is InChI=1S/C20H21Cl2N5O7/c21-13-4-3-11(8-14(13)22)18(32)24-25-7-5-16(29)26-6-1-2-15(27(26)20(25)34)19(33)23-12(10-28)9-17(30)31/h3-4,8,10,12,15H,1-2,5-7,9H2,(H,23,33)(H,24,32)(H,30,31). The summed E-state index contributed by atoms with van der Waals surface area (Å²) < 4.78 is 0. The number of halogens is 2. The van der Waals surface area contributed by atoms with E-state index in [1.807, 2.05) is 0 Å². The van der Waals surface area contributed by atoms with E-state index in [0.29, 0.717) is 6.42 Å². The van der Waals surface area contributed by atoms with Gasteiger partial charge in [-0.05, 0) is 31.0 Å². The third kappa shape index (κ3) is 5.57. The number of hydrogen-bond donors (Lipinski definition) is 3. The summed E-state index contributed by atoms with van der Waals surface area (Å²) in [7, 11) is 0. The quantitative estimate of drug-likeness (QED) is 0.455. The third-order valence-electron chi connectivity index (χ3n) is 5.27. The lowest BCUT2D eigenvalue weighted by molar-refractivity contribution is -0.155. The van der Waals surface area contributed by atoms with Crippen molar-refractivity contribution in [1.82, 2.24) is 25.8 Å². The molecule has 2 unspecified atom stereocenters. The molecular weight excluding hydrogens is 493 g/mol. The molecule has 0 saturated carbocycles. The maximum Gasteiger partial charge on any atom is 0.358 e. The zero-order chi connectivity index (χ0) is 25.0. The number of hydrogen-bond acceptors (Lipinski definition) is 6. The van der Waals surface area contributed by atoms with Crippen LogP contribution in [0.5, 0.6) is 0 Å². The van der Waals surface area contributed by atoms with Crippen LogP contribution in [0.15, 0.2) is 18.2 Å². The summed E-state index contributed by atoms with van der Waals surface area (Å²) in [6.45, 7) is 0.0250. The number of amides is 5. The number of benzene rings is 1. The molecule has 2 aliphatic rings. The summed E-state index contributed by atoms with van der Waals surface area (Å²) in [6, 6.07) is 0.813. The summed E-state index contributed by atoms with van der Waals surface area (Å²) in [5.74, 6) is -3.20. The van der Waals surface area contributed by atoms with Crippen LogP contribution in [0.1, 0.15) is 36.0 Å². The number of carboxylic acid groups (broad SMARTS) is 1. The van der Waals surface area contributed by atoms with Crippen molar-refractivity contribution in [2.24, 2.45) is 0 Å². The number of rotatable bonds is 7. The van der Waals surface area contributed by atoms with Gasteiger partial charge >= 0.3 is 12.0 Å². The molecule has 1 aromatic carbocycles. The van der Waals surface area contributed by atoms with Crippen LogP contribution in [-0.4, -0.2) is 81.3 Å². The first-order chi connectivity index (χ1) is 16.1. The van der Waals surface area contributed by atoms with Crippen LogP contribution in [0.2, 0.25) is 10.0 Å². The number of aldehydes is 1. The Morgan fingerprint density at radius 3 is 2.56 bits per heavy atom. The molecule has 2 atom stereocenters. The summed E-state index contributed by atoms with van der Waals surface area (Å²) in [4.78, 5) is 73.6. The second kappa shape index (κ2) is 10.7. The summed E-state index contributed by atoms with van der Waals surface area (Å²) in [5, 5.41) is 14.6. The van der Waals surface area contributed by atoms with E-state index in [-0.39, 0.29) is 47.8 Å². The normalized spacial score (nSPS) is 19.1. The fourth-order valence-corrected chi connectivity index (χ4v) is 3.94. The van der Waals surface area contributed by atoms with Crippen molar-refractivity contribution >= 4 is 59.2 Å². The van der Waals surface area contributed by atoms with Crippen LogP contribution in [0.4, 0.5) is 4.79 Å². The lowest BCUT2D eigenvalue weighted by Gasteiger charge is -2.42. The van der Waals surface area contributed by atoms with Gasteiger partial charge in [0.1, 0.15) is 12.3 Å². The molecule has 0 spiro atoms. The Morgan fingerprint density at radius 2 is 1.91 bits per heavy atom. The third-order valence-corrected chi connectivity index (χ3v) is 6.01. The summed E-state index contributed by atoms with van der Waals surface area (Å²) >= 11 is 11.8. The second-order valence-corrected chi connectivity index (χ2v) is 8.44. The average Bonchev–Trinajstić information content (AvgIpc) is 2.92. The van der Waals surface area contributed by atoms with Gasteiger partial charge in [0.2, 0.25) is 11.8 Å². The van der Waals surface area contributed by atoms with Crippen molar-refractivity contribution in [2.75, 3.05) is 13.1 Å². The molecule has 2 saturated heterocycles. The van der Waals surface area contributed by atoms with E-state index in [9.17, 15) is 28.8 Å². The van der Waals surface area contributed by atoms with Crippen molar-refractivity contribution < 1.29 is 33.9 Å². The second-order valence-electron chi connectivity index (χ2n) is 7.62. The molecule has 182 valence electrons. The smallest absolute Gasteiger partial charge is 0.358 e. The Balaban J connectivity index is 1.82. The first-order valence-electron chi connectivity index (χ1n) is 10.3. The molecule has 3 rings (SSSR count). The van der Waals surface area contributed by atoms with Gasteiger partial charge in [-0.1, -0.05) is 23.2 Å². The van der Waals surface area contributed by atoms with Gasteiger partial charge < -0.3 is 15.2 Å². The summed E-state index contributed by atoms with van der Waals surface area (Å²) in [6.07, 6.45) is 0.0902. The van der Waals surface area contributed by atoms with E-state index in [1.165, 1.54) is 18.2 Å². The first-order valence-corrected chi connectivity index (χ1v) is 11.0. The summed E-state index contributed by atoms with van der Waals surface area (Å²) in [5.41, 5.74) is 2.54. The van der Waals surface area contributed by atoms with Gasteiger partial charge in [0, 0.05) is 18.5 Å². The van der Waals surface area contributed by atoms with Crippen LogP contribution in [-0.2, 0) is 19.2 Å². The zero-order valence-electron chi connectivity index (χ0n) is 17.7. The Bertz CT molecular complexity index is 1040. The zero-order valence-corrected chi connectivity index (χ0v) is 19.2. The van der Waals surface area contributed by atoms with Crippen molar-refractivity contribution in [2.45, 2.75) is 37.8 Å². The number of carboxylic acids is 1. The predicted octanol–water partition coefficient (Wildman–Crippen LogP) is 0.830. The Labute approximate surface area is 203 Å². The van der Waals surface area contributed by atoms with Gasteiger partial charge in [0.05, 0.1) is 29.1 Å². The highest BCUT2D eigenvalue weighted by Gasteiger charge is 2.44. The Kier molecular flexibility index (Phi) is 7.94. The van der Waals surface area contributed by atoms with E-state index in [0.717, 1.165) is 15.0 Å².